The van der Waals surface area contributed by atoms with Gasteiger partial charge in [-0.25, -0.2) is 9.50 Å². The molecule has 26 heavy (non-hydrogen) atoms. The van der Waals surface area contributed by atoms with Crippen LogP contribution in [0.25, 0.3) is 5.65 Å². The fourth-order valence-corrected chi connectivity index (χ4v) is 3.01. The van der Waals surface area contributed by atoms with Gasteiger partial charge in [0, 0.05) is 24.7 Å². The number of amides is 2. The molecule has 0 spiro atoms. The number of carbonyl (C=O) groups is 2. The Morgan fingerprint density at radius 3 is 2.85 bits per heavy atom. The molecule has 1 aliphatic heterocycles. The van der Waals surface area contributed by atoms with Gasteiger partial charge < -0.3 is 15.0 Å². The summed E-state index contributed by atoms with van der Waals surface area (Å²) >= 11 is 0. The van der Waals surface area contributed by atoms with Gasteiger partial charge in [-0.05, 0) is 24.3 Å². The molecule has 8 nitrogen and oxygen atoms in total. The van der Waals surface area contributed by atoms with Crippen LogP contribution in [0.15, 0.2) is 48.9 Å². The number of methoxy groups -OCH3 is 1. The molecule has 1 atom stereocenters. The molecular formula is C18H17N5O3. The molecule has 2 amide bonds. The van der Waals surface area contributed by atoms with E-state index < -0.39 is 5.92 Å². The van der Waals surface area contributed by atoms with Gasteiger partial charge in [-0.3, -0.25) is 9.59 Å². The van der Waals surface area contributed by atoms with Crippen LogP contribution in [0.5, 0.6) is 5.75 Å². The number of ether oxygens (including phenoxy) is 1. The van der Waals surface area contributed by atoms with Gasteiger partial charge in [0.25, 0.3) is 0 Å². The van der Waals surface area contributed by atoms with Crippen molar-refractivity contribution in [2.75, 3.05) is 23.9 Å². The van der Waals surface area contributed by atoms with Crippen molar-refractivity contribution < 1.29 is 14.3 Å². The molecule has 0 unspecified atom stereocenters. The number of fused-ring (bicyclic) bond motifs is 1. The zero-order valence-corrected chi connectivity index (χ0v) is 14.1. The predicted molar refractivity (Wildman–Crippen MR) is 95.1 cm³/mol. The molecule has 0 bridgehead atoms. The lowest BCUT2D eigenvalue weighted by atomic mass is 10.1. The van der Waals surface area contributed by atoms with Crippen molar-refractivity contribution in [1.29, 1.82) is 0 Å². The molecule has 1 aromatic carbocycles. The van der Waals surface area contributed by atoms with E-state index >= 15 is 0 Å². The van der Waals surface area contributed by atoms with Gasteiger partial charge in [-0.1, -0.05) is 0 Å². The maximum Gasteiger partial charge on any atom is 0.229 e. The lowest BCUT2D eigenvalue weighted by molar-refractivity contribution is -0.122. The zero-order valence-electron chi connectivity index (χ0n) is 14.1. The van der Waals surface area contributed by atoms with E-state index in [4.69, 9.17) is 4.74 Å². The Balaban J connectivity index is 1.45. The number of carbonyl (C=O) groups excluding carboxylic acids is 2. The van der Waals surface area contributed by atoms with E-state index in [1.807, 2.05) is 12.1 Å². The molecule has 0 radical (unpaired) electrons. The van der Waals surface area contributed by atoms with Gasteiger partial charge in [0.05, 0.1) is 37.3 Å². The number of nitrogens with zero attached hydrogens (tertiary/aromatic N) is 4. The van der Waals surface area contributed by atoms with E-state index in [1.165, 1.54) is 0 Å². The van der Waals surface area contributed by atoms with Crippen molar-refractivity contribution in [2.24, 2.45) is 5.92 Å². The van der Waals surface area contributed by atoms with Gasteiger partial charge in [0.15, 0.2) is 5.65 Å². The van der Waals surface area contributed by atoms with Crippen molar-refractivity contribution in [3.05, 3.63) is 48.9 Å². The van der Waals surface area contributed by atoms with E-state index in [2.05, 4.69) is 15.4 Å². The summed E-state index contributed by atoms with van der Waals surface area (Å²) in [5, 5.41) is 6.91. The van der Waals surface area contributed by atoms with E-state index in [9.17, 15) is 9.59 Å². The van der Waals surface area contributed by atoms with Crippen molar-refractivity contribution >= 4 is 28.8 Å². The average molecular weight is 351 g/mol. The van der Waals surface area contributed by atoms with Gasteiger partial charge in [-0.15, -0.1) is 0 Å². The van der Waals surface area contributed by atoms with Crippen LogP contribution in [0.2, 0.25) is 0 Å². The summed E-state index contributed by atoms with van der Waals surface area (Å²) in [5.74, 6) is 0.0211. The summed E-state index contributed by atoms with van der Waals surface area (Å²) in [5.41, 5.74) is 2.00. The Labute approximate surface area is 149 Å². The Hall–Kier alpha value is -3.42. The maximum atomic E-state index is 12.5. The molecule has 8 heteroatoms. The summed E-state index contributed by atoms with van der Waals surface area (Å²) in [4.78, 5) is 30.7. The first-order valence-electron chi connectivity index (χ1n) is 8.19. The number of rotatable bonds is 4. The van der Waals surface area contributed by atoms with Crippen LogP contribution in [-0.2, 0) is 9.59 Å². The second-order valence-corrected chi connectivity index (χ2v) is 6.07. The van der Waals surface area contributed by atoms with E-state index in [-0.39, 0.29) is 18.2 Å². The highest BCUT2D eigenvalue weighted by Crippen LogP contribution is 2.27. The zero-order chi connectivity index (χ0) is 18.1. The van der Waals surface area contributed by atoms with Crippen LogP contribution in [0.3, 0.4) is 0 Å². The summed E-state index contributed by atoms with van der Waals surface area (Å²) in [6.07, 6.45) is 5.08. The highest BCUT2D eigenvalue weighted by Gasteiger charge is 2.35. The fourth-order valence-electron chi connectivity index (χ4n) is 3.01. The van der Waals surface area contributed by atoms with Crippen molar-refractivity contribution in [3.8, 4) is 5.75 Å². The number of hydrogen-bond donors (Lipinski definition) is 1. The first kappa shape index (κ1) is 16.1. The molecule has 1 N–H and O–H groups in total. The molecule has 1 saturated heterocycles. The molecule has 132 valence electrons. The Morgan fingerprint density at radius 1 is 1.27 bits per heavy atom. The Morgan fingerprint density at radius 2 is 2.08 bits per heavy atom. The standard InChI is InChI=1S/C18H17N5O3/c1-26-15-4-2-14(3-5-15)22-10-12(8-17(22)24)18(25)21-13-9-19-16-6-7-20-23(16)11-13/h2-7,9,11-12H,8,10H2,1H3,(H,21,25)/t12-/m1/s1. The molecule has 1 aliphatic rings. The van der Waals surface area contributed by atoms with Crippen molar-refractivity contribution in [2.45, 2.75) is 6.42 Å². The molecular weight excluding hydrogens is 334 g/mol. The largest absolute Gasteiger partial charge is 0.497 e. The van der Waals surface area contributed by atoms with Gasteiger partial charge >= 0.3 is 0 Å². The number of hydrogen-bond acceptors (Lipinski definition) is 5. The third kappa shape index (κ3) is 2.97. The first-order valence-corrected chi connectivity index (χ1v) is 8.19. The first-order chi connectivity index (χ1) is 12.6. The highest BCUT2D eigenvalue weighted by atomic mass is 16.5. The molecule has 1 fully saturated rings. The lowest BCUT2D eigenvalue weighted by Gasteiger charge is -2.17. The predicted octanol–water partition coefficient (Wildman–Crippen LogP) is 1.73. The summed E-state index contributed by atoms with van der Waals surface area (Å²) in [6.45, 7) is 0.342. The van der Waals surface area contributed by atoms with Crippen LogP contribution in [0.1, 0.15) is 6.42 Å². The number of aromatic nitrogens is 3. The fraction of sp³-hybridized carbons (Fsp3) is 0.222. The molecule has 4 rings (SSSR count). The minimum absolute atomic E-state index is 0.0732. The lowest BCUT2D eigenvalue weighted by Crippen LogP contribution is -2.28. The van der Waals surface area contributed by atoms with Crippen LogP contribution in [-0.4, -0.2) is 40.1 Å². The number of benzene rings is 1. The Kier molecular flexibility index (Phi) is 4.00. The molecule has 0 aliphatic carbocycles. The van der Waals surface area contributed by atoms with Crippen LogP contribution in [0, 0.1) is 5.92 Å². The monoisotopic (exact) mass is 351 g/mol. The third-order valence-corrected chi connectivity index (χ3v) is 4.39. The molecule has 2 aromatic heterocycles. The smallest absolute Gasteiger partial charge is 0.229 e. The number of anilines is 2. The van der Waals surface area contributed by atoms with E-state index in [0.717, 1.165) is 11.4 Å². The van der Waals surface area contributed by atoms with Gasteiger partial charge in [-0.2, -0.15) is 5.10 Å². The van der Waals surface area contributed by atoms with Gasteiger partial charge in [0.1, 0.15) is 5.75 Å². The topological polar surface area (TPSA) is 88.8 Å². The minimum Gasteiger partial charge on any atom is -0.497 e. The second kappa shape index (κ2) is 6.47. The van der Waals surface area contributed by atoms with Crippen LogP contribution < -0.4 is 15.0 Å². The quantitative estimate of drug-likeness (QED) is 0.773. The molecule has 3 heterocycles. The summed E-state index contributed by atoms with van der Waals surface area (Å²) < 4.78 is 6.71. The normalized spacial score (nSPS) is 16.9. The van der Waals surface area contributed by atoms with Crippen molar-refractivity contribution in [3.63, 3.8) is 0 Å². The molecule has 0 saturated carbocycles. The molecule has 3 aromatic rings. The maximum absolute atomic E-state index is 12.5. The van der Waals surface area contributed by atoms with Crippen molar-refractivity contribution in [1.82, 2.24) is 14.6 Å². The van der Waals surface area contributed by atoms with E-state index in [0.29, 0.717) is 17.9 Å². The number of nitrogens with one attached hydrogen (secondary N) is 1. The Bertz CT molecular complexity index is 966. The van der Waals surface area contributed by atoms with E-state index in [1.54, 1.807) is 53.3 Å². The van der Waals surface area contributed by atoms with Gasteiger partial charge in [0.2, 0.25) is 11.8 Å². The second-order valence-electron chi connectivity index (χ2n) is 6.07. The summed E-state index contributed by atoms with van der Waals surface area (Å²) in [7, 11) is 1.59. The minimum atomic E-state index is -0.419. The van der Waals surface area contributed by atoms with Crippen LogP contribution in [0.4, 0.5) is 11.4 Å². The van der Waals surface area contributed by atoms with Crippen LogP contribution >= 0.6 is 0 Å². The SMILES string of the molecule is COc1ccc(N2C[C@H](C(=O)Nc3cnc4ccnn4c3)CC2=O)cc1. The summed E-state index contributed by atoms with van der Waals surface area (Å²) in [6, 6.07) is 8.98. The third-order valence-electron chi connectivity index (χ3n) is 4.39. The highest BCUT2D eigenvalue weighted by molar-refractivity contribution is 6.03. The average Bonchev–Trinajstić information content (AvgIpc) is 3.28.